The van der Waals surface area contributed by atoms with E-state index in [9.17, 15) is 0 Å². The highest BCUT2D eigenvalue weighted by molar-refractivity contribution is 5.01. The third kappa shape index (κ3) is 24.9. The minimum Gasteiger partial charge on any atom is -0.262 e. The van der Waals surface area contributed by atoms with Crippen molar-refractivity contribution in [2.45, 2.75) is 55.4 Å². The van der Waals surface area contributed by atoms with Crippen LogP contribution in [0.5, 0.6) is 0 Å². The van der Waals surface area contributed by atoms with Crippen LogP contribution >= 0.6 is 0 Å². The summed E-state index contributed by atoms with van der Waals surface area (Å²) in [5.41, 5.74) is 6.18. The monoisotopic (exact) mass is 674 g/mol. The highest BCUT2D eigenvalue weighted by Gasteiger charge is 1.83. The summed E-state index contributed by atoms with van der Waals surface area (Å²) in [6, 6.07) is 7.66. The molecule has 0 radical (unpaired) electrons. The molecule has 0 aliphatic rings. The third-order valence-corrected chi connectivity index (χ3v) is 5.24. The van der Waals surface area contributed by atoms with Gasteiger partial charge in [0.2, 0.25) is 0 Å². The van der Waals surface area contributed by atoms with E-state index in [0.717, 1.165) is 45.6 Å². The lowest BCUT2D eigenvalue weighted by Crippen LogP contribution is -1.84. The largest absolute Gasteiger partial charge is 0.262 e. The number of nitrogens with zero attached hydrogens (tertiary/aromatic N) is 14. The van der Waals surface area contributed by atoms with Crippen LogP contribution in [-0.2, 0) is 7.05 Å². The molecule has 0 aromatic carbocycles. The number of aromatic nitrogens is 14. The Morgan fingerprint density at radius 3 is 1.22 bits per heavy atom. The lowest BCUT2D eigenvalue weighted by molar-refractivity contribution is 0.765. The predicted molar refractivity (Wildman–Crippen MR) is 193 cm³/mol. The van der Waals surface area contributed by atoms with E-state index in [1.165, 1.54) is 12.7 Å². The Morgan fingerprint density at radius 2 is 0.940 bits per heavy atom. The van der Waals surface area contributed by atoms with Gasteiger partial charge in [-0.15, -0.1) is 0 Å². The Morgan fingerprint density at radius 1 is 0.400 bits per heavy atom. The Labute approximate surface area is 294 Å². The molecule has 7 heterocycles. The zero-order chi connectivity index (χ0) is 36.8. The van der Waals surface area contributed by atoms with Gasteiger partial charge in [-0.3, -0.25) is 29.6 Å². The zero-order valence-corrected chi connectivity index (χ0v) is 30.2. The normalized spacial score (nSPS) is 8.90. The average molecular weight is 675 g/mol. The van der Waals surface area contributed by atoms with Crippen molar-refractivity contribution in [1.29, 1.82) is 0 Å². The van der Waals surface area contributed by atoms with E-state index in [2.05, 4.69) is 64.9 Å². The Bertz CT molecular complexity index is 1500. The van der Waals surface area contributed by atoms with Gasteiger partial charge in [0.05, 0.1) is 17.1 Å². The lowest BCUT2D eigenvalue weighted by Gasteiger charge is -1.88. The quantitative estimate of drug-likeness (QED) is 0.191. The van der Waals surface area contributed by atoms with Gasteiger partial charge in [-0.25, -0.2) is 34.9 Å². The highest BCUT2D eigenvalue weighted by atomic mass is 15.3. The molecule has 7 rings (SSSR count). The third-order valence-electron chi connectivity index (χ3n) is 5.24. The summed E-state index contributed by atoms with van der Waals surface area (Å²) in [4.78, 5) is 46.6. The van der Waals surface area contributed by atoms with Crippen molar-refractivity contribution < 1.29 is 0 Å². The molecule has 7 aromatic rings. The Hall–Kier alpha value is -6.31. The van der Waals surface area contributed by atoms with E-state index in [0.29, 0.717) is 0 Å². The van der Waals surface area contributed by atoms with Gasteiger partial charge in [-0.2, -0.15) is 5.10 Å². The van der Waals surface area contributed by atoms with E-state index in [-0.39, 0.29) is 0 Å². The Balaban J connectivity index is 0.000000292. The van der Waals surface area contributed by atoms with Crippen molar-refractivity contribution in [3.05, 3.63) is 163 Å². The number of rotatable bonds is 0. The molecule has 0 N–H and O–H groups in total. The van der Waals surface area contributed by atoms with Crippen molar-refractivity contribution in [3.8, 4) is 0 Å². The molecule has 0 unspecified atom stereocenters. The van der Waals surface area contributed by atoms with Gasteiger partial charge in [0.1, 0.15) is 30.6 Å². The number of hydrogen-bond donors (Lipinski definition) is 0. The number of aryl methyl sites for hydroxylation is 9. The van der Waals surface area contributed by atoms with Gasteiger partial charge in [0.25, 0.3) is 0 Å². The first-order valence-corrected chi connectivity index (χ1v) is 15.4. The highest BCUT2D eigenvalue weighted by Crippen LogP contribution is 1.90. The molecule has 0 fully saturated rings. The molecule has 0 aliphatic heterocycles. The van der Waals surface area contributed by atoms with E-state index in [1.54, 1.807) is 79.0 Å². The van der Waals surface area contributed by atoms with E-state index in [4.69, 9.17) is 0 Å². The molecule has 260 valence electrons. The van der Waals surface area contributed by atoms with Crippen LogP contribution in [0, 0.1) is 55.4 Å². The maximum atomic E-state index is 4.02. The minimum absolute atomic E-state index is 0.822. The SMILES string of the molecule is Cc1ccccn1.Cc1cnc(C)cn1.Cc1cnc(C)nc1.Cc1cnccn1.Cc1cncnc1.Cc1ncccn1.Cn1cncn1. The molecule has 0 aliphatic carbocycles. The molecule has 0 saturated carbocycles. The maximum Gasteiger partial charge on any atom is 0.137 e. The second-order valence-corrected chi connectivity index (χ2v) is 10.2. The molecule has 50 heavy (non-hydrogen) atoms. The van der Waals surface area contributed by atoms with Crippen LogP contribution < -0.4 is 0 Å². The molecular weight excluding hydrogens is 628 g/mol. The minimum atomic E-state index is 0.822. The summed E-state index contributed by atoms with van der Waals surface area (Å²) in [5, 5.41) is 3.72. The van der Waals surface area contributed by atoms with Gasteiger partial charge in [-0.1, -0.05) is 6.07 Å². The van der Waals surface area contributed by atoms with Crippen LogP contribution in [0.25, 0.3) is 0 Å². The zero-order valence-electron chi connectivity index (χ0n) is 30.2. The fourth-order valence-corrected chi connectivity index (χ4v) is 2.75. The van der Waals surface area contributed by atoms with Crippen molar-refractivity contribution in [2.75, 3.05) is 0 Å². The van der Waals surface area contributed by atoms with Crippen LogP contribution in [0.2, 0.25) is 0 Å². The molecule has 0 saturated heterocycles. The number of pyridine rings is 1. The molecular formula is C36H46N14. The first-order valence-electron chi connectivity index (χ1n) is 15.4. The van der Waals surface area contributed by atoms with Gasteiger partial charge in [-0.05, 0) is 84.7 Å². The maximum absolute atomic E-state index is 4.02. The summed E-state index contributed by atoms with van der Waals surface area (Å²) < 4.78 is 1.64. The molecule has 0 bridgehead atoms. The molecule has 7 aromatic heterocycles. The fraction of sp³-hybridized carbons (Fsp3) is 0.250. The van der Waals surface area contributed by atoms with Crippen LogP contribution in [0.1, 0.15) is 45.6 Å². The van der Waals surface area contributed by atoms with Gasteiger partial charge in [0, 0.05) is 87.1 Å². The van der Waals surface area contributed by atoms with Crippen LogP contribution in [0.15, 0.2) is 118 Å². The second kappa shape index (κ2) is 26.7. The first kappa shape index (κ1) is 41.7. The van der Waals surface area contributed by atoms with Gasteiger partial charge in [0.15, 0.2) is 0 Å². The van der Waals surface area contributed by atoms with E-state index >= 15 is 0 Å². The summed E-state index contributed by atoms with van der Waals surface area (Å²) >= 11 is 0. The van der Waals surface area contributed by atoms with Crippen molar-refractivity contribution in [1.82, 2.24) is 69.6 Å². The fourth-order valence-electron chi connectivity index (χ4n) is 2.75. The number of hydrogen-bond acceptors (Lipinski definition) is 13. The van der Waals surface area contributed by atoms with Crippen LogP contribution in [0.4, 0.5) is 0 Å². The predicted octanol–water partition coefficient (Wildman–Crippen LogP) is 5.75. The standard InChI is InChI=1S/2C6H8N2.C6H7N.3C5H6N2.C3H5N3/c1-5-3-8-6(2)4-7-5;1-5-3-7-6(2)8-4-5;1-6-4-2-3-5-7-6;1-5-2-6-4-7-3-5;1-5-4-6-2-3-7-5;1-5-6-3-2-4-7-5;1-6-3-4-2-5-6/h2*3-4H,1-2H3;2-5H,1H3;3*2-4H,1H3;2-3H,1H3. The smallest absolute Gasteiger partial charge is 0.137 e. The molecule has 0 atom stereocenters. The average Bonchev–Trinajstić information content (AvgIpc) is 3.61. The Kier molecular flexibility index (Phi) is 22.3. The summed E-state index contributed by atoms with van der Waals surface area (Å²) in [6.45, 7) is 15.4. The van der Waals surface area contributed by atoms with E-state index in [1.807, 2.05) is 93.0 Å². The lowest BCUT2D eigenvalue weighted by atomic mass is 10.4. The summed E-state index contributed by atoms with van der Waals surface area (Å²) in [5.74, 6) is 1.65. The van der Waals surface area contributed by atoms with Crippen molar-refractivity contribution in [3.63, 3.8) is 0 Å². The molecule has 0 spiro atoms. The van der Waals surface area contributed by atoms with Crippen molar-refractivity contribution in [2.24, 2.45) is 7.05 Å². The first-order chi connectivity index (χ1) is 24.0. The van der Waals surface area contributed by atoms with Crippen LogP contribution in [0.3, 0.4) is 0 Å². The second-order valence-electron chi connectivity index (χ2n) is 10.2. The van der Waals surface area contributed by atoms with E-state index < -0.39 is 0 Å². The van der Waals surface area contributed by atoms with Crippen LogP contribution in [-0.4, -0.2) is 69.6 Å². The molecule has 0 amide bonds. The summed E-state index contributed by atoms with van der Waals surface area (Å²) in [6.07, 6.45) is 25.6. The van der Waals surface area contributed by atoms with Gasteiger partial charge < -0.3 is 0 Å². The summed E-state index contributed by atoms with van der Waals surface area (Å²) in [7, 11) is 1.83. The molecule has 14 nitrogen and oxygen atoms in total. The van der Waals surface area contributed by atoms with Crippen molar-refractivity contribution >= 4 is 0 Å². The van der Waals surface area contributed by atoms with Gasteiger partial charge >= 0.3 is 0 Å². The molecule has 14 heteroatoms. The topological polar surface area (TPSA) is 172 Å².